The van der Waals surface area contributed by atoms with Crippen LogP contribution in [0, 0.1) is 10.1 Å². The number of carbonyl (C=O) groups is 2. The number of methoxy groups -OCH3 is 1. The molecule has 2 heterocycles. The van der Waals surface area contributed by atoms with E-state index >= 15 is 0 Å². The average molecular weight is 384 g/mol. The van der Waals surface area contributed by atoms with Crippen LogP contribution in [0.4, 0.5) is 10.5 Å². The second kappa shape index (κ2) is 7.10. The van der Waals surface area contributed by atoms with Crippen molar-refractivity contribution in [2.24, 2.45) is 0 Å². The number of fused-ring (bicyclic) bond motifs is 2. The van der Waals surface area contributed by atoms with Gasteiger partial charge in [0, 0.05) is 36.4 Å². The van der Waals surface area contributed by atoms with E-state index in [0.29, 0.717) is 29.7 Å². The maximum absolute atomic E-state index is 12.9. The minimum absolute atomic E-state index is 0.00493. The van der Waals surface area contributed by atoms with Gasteiger partial charge in [0.05, 0.1) is 23.6 Å². The Labute approximate surface area is 161 Å². The van der Waals surface area contributed by atoms with Gasteiger partial charge in [0.1, 0.15) is 5.76 Å². The van der Waals surface area contributed by atoms with Crippen LogP contribution in [0.25, 0.3) is 0 Å². The summed E-state index contributed by atoms with van der Waals surface area (Å²) in [6, 6.07) is 6.17. The van der Waals surface area contributed by atoms with Crippen LogP contribution < -0.4 is 0 Å². The van der Waals surface area contributed by atoms with Crippen molar-refractivity contribution in [3.8, 4) is 0 Å². The minimum Gasteiger partial charge on any atom is -0.437 e. The number of nitrogens with zero attached hydrogens (tertiary/aromatic N) is 2. The largest absolute Gasteiger partial charge is 0.513 e. The van der Waals surface area contributed by atoms with E-state index in [1.807, 2.05) is 0 Å². The summed E-state index contributed by atoms with van der Waals surface area (Å²) in [6.07, 6.45) is 2.69. The molecule has 0 saturated carbocycles. The van der Waals surface area contributed by atoms with Crippen molar-refractivity contribution in [1.29, 1.82) is 0 Å². The molecule has 1 aliphatic carbocycles. The lowest BCUT2D eigenvalue weighted by Crippen LogP contribution is -2.34. The smallest absolute Gasteiger partial charge is 0.437 e. The van der Waals surface area contributed by atoms with Gasteiger partial charge >= 0.3 is 6.16 Å². The molecular weight excluding hydrogens is 364 g/mol. The van der Waals surface area contributed by atoms with Crippen LogP contribution in [-0.4, -0.2) is 35.4 Å². The van der Waals surface area contributed by atoms with E-state index in [0.717, 1.165) is 37.2 Å². The van der Waals surface area contributed by atoms with Crippen LogP contribution in [0.15, 0.2) is 47.0 Å². The Morgan fingerprint density at radius 3 is 2.75 bits per heavy atom. The summed E-state index contributed by atoms with van der Waals surface area (Å²) in [5.41, 5.74) is 2.89. The third-order valence-electron chi connectivity index (χ3n) is 5.49. The standard InChI is InChI=1S/C20H20N2O6/c1-27-20(24)28-19-15-8-4-10-21(15)14-7-3-9-16(23)18(14)17(19)12-5-2-6-13(11-12)22(25)26/h2,5-6,11,17H,3-4,7-10H2,1H3. The Balaban J connectivity index is 1.91. The second-order valence-electron chi connectivity index (χ2n) is 7.04. The number of hydrogen-bond donors (Lipinski definition) is 0. The number of Topliss-reactive ketones (excluding diaryl/α,β-unsaturated/α-hetero) is 1. The van der Waals surface area contributed by atoms with E-state index in [1.54, 1.807) is 12.1 Å². The number of allylic oxidation sites excluding steroid dienone is 3. The summed E-state index contributed by atoms with van der Waals surface area (Å²) in [5, 5.41) is 11.3. The van der Waals surface area contributed by atoms with Crippen molar-refractivity contribution in [1.82, 2.24) is 4.90 Å². The Kier molecular flexibility index (Phi) is 4.62. The fourth-order valence-electron chi connectivity index (χ4n) is 4.37. The van der Waals surface area contributed by atoms with Crippen LogP contribution in [0.2, 0.25) is 0 Å². The van der Waals surface area contributed by atoms with Gasteiger partial charge in [-0.05, 0) is 31.2 Å². The summed E-state index contributed by atoms with van der Waals surface area (Å²) in [4.78, 5) is 37.7. The van der Waals surface area contributed by atoms with E-state index in [2.05, 4.69) is 9.64 Å². The number of non-ortho nitro benzene ring substituents is 1. The van der Waals surface area contributed by atoms with Gasteiger partial charge in [0.25, 0.3) is 5.69 Å². The molecule has 0 bridgehead atoms. The zero-order chi connectivity index (χ0) is 19.8. The maximum Gasteiger partial charge on any atom is 0.513 e. The van der Waals surface area contributed by atoms with Crippen molar-refractivity contribution < 1.29 is 24.0 Å². The Morgan fingerprint density at radius 1 is 1.21 bits per heavy atom. The maximum atomic E-state index is 12.9. The van der Waals surface area contributed by atoms with Crippen molar-refractivity contribution in [2.45, 2.75) is 38.0 Å². The van der Waals surface area contributed by atoms with Crippen LogP contribution >= 0.6 is 0 Å². The zero-order valence-electron chi connectivity index (χ0n) is 15.5. The number of ketones is 1. The summed E-state index contributed by atoms with van der Waals surface area (Å²) in [7, 11) is 1.22. The first-order valence-corrected chi connectivity index (χ1v) is 9.28. The molecule has 1 aromatic rings. The fraction of sp³-hybridized carbons (Fsp3) is 0.400. The summed E-state index contributed by atoms with van der Waals surface area (Å²) >= 11 is 0. The van der Waals surface area contributed by atoms with Crippen molar-refractivity contribution >= 4 is 17.6 Å². The molecule has 1 atom stereocenters. The van der Waals surface area contributed by atoms with Gasteiger partial charge in [-0.3, -0.25) is 14.9 Å². The van der Waals surface area contributed by atoms with E-state index in [9.17, 15) is 19.7 Å². The first-order chi connectivity index (χ1) is 13.5. The Hall–Kier alpha value is -3.16. The Morgan fingerprint density at radius 2 is 2.00 bits per heavy atom. The molecule has 146 valence electrons. The molecular formula is C20H20N2O6. The van der Waals surface area contributed by atoms with Gasteiger partial charge in [-0.25, -0.2) is 4.79 Å². The predicted octanol–water partition coefficient (Wildman–Crippen LogP) is 3.79. The molecule has 4 rings (SSSR count). The highest BCUT2D eigenvalue weighted by atomic mass is 16.7. The lowest BCUT2D eigenvalue weighted by atomic mass is 9.78. The monoisotopic (exact) mass is 384 g/mol. The summed E-state index contributed by atoms with van der Waals surface area (Å²) in [6.45, 7) is 0.761. The van der Waals surface area contributed by atoms with Gasteiger partial charge in [-0.1, -0.05) is 12.1 Å². The molecule has 8 nitrogen and oxygen atoms in total. The quantitative estimate of drug-likeness (QED) is 0.444. The molecule has 28 heavy (non-hydrogen) atoms. The number of nitro groups is 1. The number of carbonyl (C=O) groups excluding carboxylic acids is 2. The number of nitro benzene ring substituents is 1. The lowest BCUT2D eigenvalue weighted by Gasteiger charge is -2.38. The van der Waals surface area contributed by atoms with Crippen LogP contribution in [0.5, 0.6) is 0 Å². The second-order valence-corrected chi connectivity index (χ2v) is 7.04. The minimum atomic E-state index is -0.864. The molecule has 1 unspecified atom stereocenters. The van der Waals surface area contributed by atoms with Gasteiger partial charge in [0.2, 0.25) is 0 Å². The van der Waals surface area contributed by atoms with Gasteiger partial charge in [0.15, 0.2) is 5.78 Å². The van der Waals surface area contributed by atoms with Crippen LogP contribution in [0.1, 0.15) is 43.6 Å². The van der Waals surface area contributed by atoms with Gasteiger partial charge in [-0.15, -0.1) is 0 Å². The van der Waals surface area contributed by atoms with E-state index in [4.69, 9.17) is 4.74 Å². The molecule has 0 radical (unpaired) electrons. The van der Waals surface area contributed by atoms with Gasteiger partial charge in [-0.2, -0.15) is 0 Å². The van der Waals surface area contributed by atoms with Gasteiger partial charge < -0.3 is 14.4 Å². The highest BCUT2D eigenvalue weighted by Crippen LogP contribution is 2.49. The fourth-order valence-corrected chi connectivity index (χ4v) is 4.37. The highest BCUT2D eigenvalue weighted by molar-refractivity contribution is 5.99. The molecule has 0 aromatic heterocycles. The molecule has 8 heteroatoms. The van der Waals surface area contributed by atoms with Crippen molar-refractivity contribution in [3.05, 3.63) is 62.7 Å². The number of ether oxygens (including phenoxy) is 2. The molecule has 2 aliphatic heterocycles. The first-order valence-electron chi connectivity index (χ1n) is 9.28. The highest BCUT2D eigenvalue weighted by Gasteiger charge is 2.43. The molecule has 0 amide bonds. The normalized spacial score (nSPS) is 21.4. The summed E-state index contributed by atoms with van der Waals surface area (Å²) in [5.74, 6) is -0.306. The molecule has 1 fully saturated rings. The molecule has 3 aliphatic rings. The molecule has 0 spiro atoms. The molecule has 1 saturated heterocycles. The number of hydrogen-bond acceptors (Lipinski definition) is 7. The van der Waals surface area contributed by atoms with E-state index in [-0.39, 0.29) is 11.5 Å². The summed E-state index contributed by atoms with van der Waals surface area (Å²) < 4.78 is 10.2. The SMILES string of the molecule is COC(=O)OC1=C2CCCN2C2=C(C(=O)CCC2)C1c1cccc([N+](=O)[O-])c1. The predicted molar refractivity (Wildman–Crippen MR) is 98.2 cm³/mol. The lowest BCUT2D eigenvalue weighted by molar-refractivity contribution is -0.384. The number of benzene rings is 1. The van der Waals surface area contributed by atoms with E-state index in [1.165, 1.54) is 19.2 Å². The van der Waals surface area contributed by atoms with Crippen molar-refractivity contribution in [3.63, 3.8) is 0 Å². The Bertz CT molecular complexity index is 932. The number of rotatable bonds is 3. The van der Waals surface area contributed by atoms with Crippen molar-refractivity contribution in [2.75, 3.05) is 13.7 Å². The zero-order valence-corrected chi connectivity index (χ0v) is 15.5. The molecule has 1 aromatic carbocycles. The third-order valence-corrected chi connectivity index (χ3v) is 5.49. The van der Waals surface area contributed by atoms with E-state index < -0.39 is 17.0 Å². The molecule has 0 N–H and O–H groups in total. The third kappa shape index (κ3) is 2.94. The topological polar surface area (TPSA) is 99.0 Å². The van der Waals surface area contributed by atoms with Crippen LogP contribution in [0.3, 0.4) is 0 Å². The van der Waals surface area contributed by atoms with Crippen LogP contribution in [-0.2, 0) is 14.3 Å². The first kappa shape index (κ1) is 18.2. The average Bonchev–Trinajstić information content (AvgIpc) is 3.19.